The summed E-state index contributed by atoms with van der Waals surface area (Å²) in [6, 6.07) is 77.4. The number of imidazole rings is 3. The van der Waals surface area contributed by atoms with Gasteiger partial charge in [0, 0.05) is 33.8 Å². The Labute approximate surface area is 362 Å². The van der Waals surface area contributed by atoms with Crippen molar-refractivity contribution in [1.82, 2.24) is 28.7 Å². The molecule has 0 atom stereocenters. The summed E-state index contributed by atoms with van der Waals surface area (Å²) in [6.07, 6.45) is 0. The summed E-state index contributed by atoms with van der Waals surface area (Å²) in [5.41, 5.74) is 11.8. The Kier molecular flexibility index (Phi) is 7.80. The van der Waals surface area contributed by atoms with E-state index in [1.165, 1.54) is 10.8 Å². The number of fused-ring (bicyclic) bond motifs is 6. The van der Waals surface area contributed by atoms with Crippen LogP contribution in [0.3, 0.4) is 0 Å². The fourth-order valence-corrected chi connectivity index (χ4v) is 9.40. The van der Waals surface area contributed by atoms with Crippen LogP contribution in [0.2, 0.25) is 0 Å². The van der Waals surface area contributed by atoms with Crippen LogP contribution in [-0.4, -0.2) is 28.7 Å². The first-order valence-electron chi connectivity index (χ1n) is 21.3. The zero-order valence-corrected chi connectivity index (χ0v) is 34.0. The molecule has 10 aromatic carbocycles. The Balaban J connectivity index is 1.15. The second-order valence-corrected chi connectivity index (χ2v) is 16.2. The van der Waals surface area contributed by atoms with Crippen LogP contribution in [0.1, 0.15) is 0 Å². The fourth-order valence-electron chi connectivity index (χ4n) is 9.40. The van der Waals surface area contributed by atoms with Gasteiger partial charge in [0.05, 0.1) is 33.1 Å². The summed E-state index contributed by atoms with van der Waals surface area (Å²) in [4.78, 5) is 16.4. The maximum absolute atomic E-state index is 5.51. The zero-order valence-electron chi connectivity index (χ0n) is 34.0. The molecule has 63 heavy (non-hydrogen) atoms. The molecule has 0 aliphatic carbocycles. The Bertz CT molecular complexity index is 3740. The Morgan fingerprint density at radius 1 is 0.238 bits per heavy atom. The van der Waals surface area contributed by atoms with E-state index in [0.717, 1.165) is 106 Å². The van der Waals surface area contributed by atoms with Crippen LogP contribution in [0, 0.1) is 0 Å². The number of hydrogen-bond donors (Lipinski definition) is 0. The monoisotopic (exact) mass is 804 g/mol. The van der Waals surface area contributed by atoms with Gasteiger partial charge < -0.3 is 0 Å². The highest BCUT2D eigenvalue weighted by atomic mass is 15.1. The average Bonchev–Trinajstić information content (AvgIpc) is 4.04. The average molecular weight is 805 g/mol. The van der Waals surface area contributed by atoms with E-state index >= 15 is 0 Å². The first-order valence-corrected chi connectivity index (χ1v) is 21.3. The molecule has 0 fully saturated rings. The number of aromatic nitrogens is 6. The van der Waals surface area contributed by atoms with Crippen molar-refractivity contribution in [3.8, 4) is 51.2 Å². The van der Waals surface area contributed by atoms with Crippen LogP contribution < -0.4 is 0 Å². The molecule has 13 rings (SSSR count). The lowest BCUT2D eigenvalue weighted by Crippen LogP contribution is -2.02. The molecule has 0 aliphatic heterocycles. The van der Waals surface area contributed by atoms with Gasteiger partial charge in [0.2, 0.25) is 0 Å². The predicted octanol–water partition coefficient (Wildman–Crippen LogP) is 14.2. The van der Waals surface area contributed by atoms with E-state index < -0.39 is 0 Å². The second kappa shape index (κ2) is 14.0. The van der Waals surface area contributed by atoms with E-state index in [2.05, 4.69) is 232 Å². The molecule has 3 heterocycles. The SMILES string of the molecule is c1ccc(-n2c(-c3cc(-c4nc5ccccc5n4-c4ccc5ccccc5c4)cc(-c4nc5cc6ccccc6cc5n4-c4ccccc4)c3)nc3cc4ccccc4cc32)cc1. The molecule has 0 amide bonds. The molecule has 6 nitrogen and oxygen atoms in total. The summed E-state index contributed by atoms with van der Waals surface area (Å²) >= 11 is 0. The fraction of sp³-hybridized carbons (Fsp3) is 0. The summed E-state index contributed by atoms with van der Waals surface area (Å²) in [5, 5.41) is 6.98. The molecule has 0 N–H and O–H groups in total. The molecule has 0 saturated heterocycles. The zero-order chi connectivity index (χ0) is 41.4. The number of para-hydroxylation sites is 4. The first-order chi connectivity index (χ1) is 31.2. The topological polar surface area (TPSA) is 53.5 Å². The number of rotatable bonds is 6. The molecule has 3 aromatic heterocycles. The van der Waals surface area contributed by atoms with Crippen molar-refractivity contribution < 1.29 is 0 Å². The lowest BCUT2D eigenvalue weighted by atomic mass is 10.0. The van der Waals surface area contributed by atoms with Crippen LogP contribution in [0.15, 0.2) is 218 Å². The van der Waals surface area contributed by atoms with Gasteiger partial charge in [-0.2, -0.15) is 0 Å². The number of hydrogen-bond acceptors (Lipinski definition) is 3. The van der Waals surface area contributed by atoms with Crippen molar-refractivity contribution in [3.63, 3.8) is 0 Å². The lowest BCUT2D eigenvalue weighted by molar-refractivity contribution is 1.09. The third kappa shape index (κ3) is 5.76. The Hall–Kier alpha value is -8.61. The maximum atomic E-state index is 5.51. The largest absolute Gasteiger partial charge is 0.292 e. The highest BCUT2D eigenvalue weighted by Crippen LogP contribution is 2.40. The smallest absolute Gasteiger partial charge is 0.145 e. The molecule has 294 valence electrons. The standard InChI is InChI=1S/C57H36N6/c1-3-21-46(22-4-1)61-53-35-41-19-11-9-17-39(41)33-50(53)59-56(61)44-29-43(55-58-49-25-13-14-26-52(49)63(55)48-28-27-37-15-7-8-16-38(37)32-48)30-45(31-44)57-60-51-34-40-18-10-12-20-42(40)36-54(51)62(57)47-23-5-2-6-24-47/h1-36H. The first kappa shape index (κ1) is 35.2. The van der Waals surface area contributed by atoms with Crippen LogP contribution in [-0.2, 0) is 0 Å². The highest BCUT2D eigenvalue weighted by Gasteiger charge is 2.23. The quantitative estimate of drug-likeness (QED) is 0.168. The number of nitrogens with zero attached hydrogens (tertiary/aromatic N) is 6. The van der Waals surface area contributed by atoms with Crippen LogP contribution >= 0.6 is 0 Å². The predicted molar refractivity (Wildman–Crippen MR) is 259 cm³/mol. The summed E-state index contributed by atoms with van der Waals surface area (Å²) < 4.78 is 6.89. The van der Waals surface area contributed by atoms with Crippen LogP contribution in [0.25, 0.3) is 117 Å². The van der Waals surface area contributed by atoms with Crippen LogP contribution in [0.4, 0.5) is 0 Å². The Morgan fingerprint density at radius 3 is 1.13 bits per heavy atom. The molecule has 13 aromatic rings. The van der Waals surface area contributed by atoms with Gasteiger partial charge in [-0.3, -0.25) is 13.7 Å². The van der Waals surface area contributed by atoms with Gasteiger partial charge in [0.25, 0.3) is 0 Å². The van der Waals surface area contributed by atoms with Crippen LogP contribution in [0.5, 0.6) is 0 Å². The second-order valence-electron chi connectivity index (χ2n) is 16.2. The minimum Gasteiger partial charge on any atom is -0.292 e. The van der Waals surface area contributed by atoms with Crippen molar-refractivity contribution >= 4 is 65.4 Å². The molecular weight excluding hydrogens is 769 g/mol. The van der Waals surface area contributed by atoms with Gasteiger partial charge in [0.1, 0.15) is 17.5 Å². The molecule has 0 bridgehead atoms. The molecule has 0 radical (unpaired) electrons. The van der Waals surface area contributed by atoms with Crippen molar-refractivity contribution in [2.75, 3.05) is 0 Å². The number of benzene rings is 10. The van der Waals surface area contributed by atoms with Gasteiger partial charge in [-0.25, -0.2) is 15.0 Å². The van der Waals surface area contributed by atoms with Gasteiger partial charge >= 0.3 is 0 Å². The van der Waals surface area contributed by atoms with Crippen molar-refractivity contribution in [2.45, 2.75) is 0 Å². The van der Waals surface area contributed by atoms with Gasteiger partial charge in [-0.15, -0.1) is 0 Å². The minimum atomic E-state index is 0.829. The van der Waals surface area contributed by atoms with Gasteiger partial charge in [0.15, 0.2) is 0 Å². The van der Waals surface area contributed by atoms with Crippen molar-refractivity contribution in [1.29, 1.82) is 0 Å². The summed E-state index contributed by atoms with van der Waals surface area (Å²) in [5.74, 6) is 2.49. The van der Waals surface area contributed by atoms with E-state index in [9.17, 15) is 0 Å². The van der Waals surface area contributed by atoms with Crippen molar-refractivity contribution in [2.24, 2.45) is 0 Å². The van der Waals surface area contributed by atoms with Crippen molar-refractivity contribution in [3.05, 3.63) is 218 Å². The summed E-state index contributed by atoms with van der Waals surface area (Å²) in [7, 11) is 0. The molecular formula is C57H36N6. The highest BCUT2D eigenvalue weighted by molar-refractivity contribution is 6.00. The normalized spacial score (nSPS) is 11.8. The third-order valence-electron chi connectivity index (χ3n) is 12.3. The van der Waals surface area contributed by atoms with E-state index in [0.29, 0.717) is 0 Å². The minimum absolute atomic E-state index is 0.829. The maximum Gasteiger partial charge on any atom is 0.145 e. The van der Waals surface area contributed by atoms with Gasteiger partial charge in [-0.1, -0.05) is 127 Å². The summed E-state index contributed by atoms with van der Waals surface area (Å²) in [6.45, 7) is 0. The molecule has 6 heteroatoms. The molecule has 0 spiro atoms. The lowest BCUT2D eigenvalue weighted by Gasteiger charge is -2.16. The molecule has 0 aliphatic rings. The van der Waals surface area contributed by atoms with Gasteiger partial charge in [-0.05, 0) is 123 Å². The van der Waals surface area contributed by atoms with E-state index in [1.54, 1.807) is 0 Å². The van der Waals surface area contributed by atoms with E-state index in [-0.39, 0.29) is 0 Å². The third-order valence-corrected chi connectivity index (χ3v) is 12.3. The van der Waals surface area contributed by atoms with E-state index in [1.807, 2.05) is 0 Å². The molecule has 0 saturated carbocycles. The van der Waals surface area contributed by atoms with E-state index in [4.69, 9.17) is 15.0 Å². The molecule has 0 unspecified atom stereocenters. The Morgan fingerprint density at radius 2 is 0.619 bits per heavy atom.